The van der Waals surface area contributed by atoms with E-state index in [0.29, 0.717) is 23.3 Å². The van der Waals surface area contributed by atoms with E-state index in [4.69, 9.17) is 9.47 Å². The van der Waals surface area contributed by atoms with Gasteiger partial charge in [-0.05, 0) is 50.0 Å². The maximum Gasteiger partial charge on any atom is 0.350 e. The third kappa shape index (κ3) is 5.37. The number of esters is 2. The summed E-state index contributed by atoms with van der Waals surface area (Å²) in [5.41, 5.74) is 1.31. The van der Waals surface area contributed by atoms with Crippen LogP contribution in [-0.4, -0.2) is 31.9 Å². The average molecular weight is 376 g/mol. The number of carbonyl (C=O) groups excluding carboxylic acids is 2. The van der Waals surface area contributed by atoms with Gasteiger partial charge in [0.2, 0.25) is 0 Å². The second-order valence-electron chi connectivity index (χ2n) is 5.74. The zero-order chi connectivity index (χ0) is 19.5. The molecule has 0 bridgehead atoms. The molecule has 0 saturated heterocycles. The molecule has 0 radical (unpaired) electrons. The van der Waals surface area contributed by atoms with Gasteiger partial charge in [-0.1, -0.05) is 12.8 Å². The van der Waals surface area contributed by atoms with Gasteiger partial charge in [0, 0.05) is 4.91 Å². The summed E-state index contributed by atoms with van der Waals surface area (Å²) in [4.78, 5) is 24.8. The maximum atomic E-state index is 12.2. The Morgan fingerprint density at radius 2 is 1.85 bits per heavy atom. The Labute approximate surface area is 158 Å². The quantitative estimate of drug-likeness (QED) is 0.396. The number of hydrogen-bond donors (Lipinski definition) is 0. The van der Waals surface area contributed by atoms with Crippen LogP contribution in [0.3, 0.4) is 0 Å². The Morgan fingerprint density at radius 3 is 2.35 bits per heavy atom. The van der Waals surface area contributed by atoms with Crippen molar-refractivity contribution in [1.82, 2.24) is 0 Å². The Hall–Kier alpha value is -2.25. The summed E-state index contributed by atoms with van der Waals surface area (Å²) in [6.07, 6.45) is 6.68. The molecule has 140 valence electrons. The second-order valence-corrected chi connectivity index (χ2v) is 6.56. The standard InChI is InChI=1S/C19H24N2O4S/c1-4-25-19(23)16(12-21)17(26-3)14-10-8-6-5-7-9-13(14)15(11-20)18(22)24-2/h15H,4-10H2,1-3H3/b14-13?,17-16-/t15-/m1/s1. The predicted molar refractivity (Wildman–Crippen MR) is 98.6 cm³/mol. The van der Waals surface area contributed by atoms with Crippen molar-refractivity contribution in [1.29, 1.82) is 10.5 Å². The van der Waals surface area contributed by atoms with Crippen LogP contribution in [0.2, 0.25) is 0 Å². The second kappa shape index (κ2) is 11.4. The van der Waals surface area contributed by atoms with Gasteiger partial charge in [-0.15, -0.1) is 11.8 Å². The number of hydrogen-bond acceptors (Lipinski definition) is 7. The number of nitriles is 2. The third-order valence-corrected chi connectivity index (χ3v) is 5.08. The molecular formula is C19H24N2O4S. The topological polar surface area (TPSA) is 100 Å². The molecule has 0 aromatic heterocycles. The van der Waals surface area contributed by atoms with E-state index in [1.807, 2.05) is 12.1 Å². The smallest absolute Gasteiger partial charge is 0.350 e. The minimum atomic E-state index is -1.03. The molecule has 0 heterocycles. The number of allylic oxidation sites excluding steroid dienone is 1. The first kappa shape index (κ1) is 21.8. The van der Waals surface area contributed by atoms with Crippen molar-refractivity contribution in [3.05, 3.63) is 21.6 Å². The highest BCUT2D eigenvalue weighted by Gasteiger charge is 2.30. The molecule has 0 N–H and O–H groups in total. The maximum absolute atomic E-state index is 12.2. The SMILES string of the molecule is CCOC(=O)/C(C#N)=C(\SC)C1=C([C@@H](C#N)C(=O)OC)CCCCCC1. The van der Waals surface area contributed by atoms with Gasteiger partial charge < -0.3 is 9.47 Å². The Kier molecular flexibility index (Phi) is 9.54. The van der Waals surface area contributed by atoms with E-state index in [1.54, 1.807) is 13.2 Å². The van der Waals surface area contributed by atoms with Gasteiger partial charge in [0.15, 0.2) is 11.5 Å². The number of carbonyl (C=O) groups is 2. The molecule has 0 unspecified atom stereocenters. The molecule has 1 rings (SSSR count). The van der Waals surface area contributed by atoms with Crippen molar-refractivity contribution in [3.8, 4) is 12.1 Å². The van der Waals surface area contributed by atoms with E-state index in [1.165, 1.54) is 18.9 Å². The van der Waals surface area contributed by atoms with Gasteiger partial charge in [0.05, 0.1) is 19.8 Å². The van der Waals surface area contributed by atoms with Crippen LogP contribution in [0.25, 0.3) is 0 Å². The van der Waals surface area contributed by atoms with Gasteiger partial charge in [-0.25, -0.2) is 4.79 Å². The third-order valence-electron chi connectivity index (χ3n) is 4.22. The van der Waals surface area contributed by atoms with E-state index in [0.717, 1.165) is 31.3 Å². The van der Waals surface area contributed by atoms with Gasteiger partial charge >= 0.3 is 11.9 Å². The number of methoxy groups -OCH3 is 1. The zero-order valence-electron chi connectivity index (χ0n) is 15.5. The molecule has 7 heteroatoms. The van der Waals surface area contributed by atoms with Gasteiger partial charge in [0.1, 0.15) is 6.07 Å². The molecule has 0 amide bonds. The molecule has 0 aliphatic heterocycles. The number of thioether (sulfide) groups is 1. The lowest BCUT2D eigenvalue weighted by molar-refractivity contribution is -0.142. The highest BCUT2D eigenvalue weighted by Crippen LogP contribution is 2.38. The lowest BCUT2D eigenvalue weighted by Gasteiger charge is -2.22. The summed E-state index contributed by atoms with van der Waals surface area (Å²) in [5.74, 6) is -2.33. The van der Waals surface area contributed by atoms with E-state index in [9.17, 15) is 20.1 Å². The average Bonchev–Trinajstić information content (AvgIpc) is 2.62. The lowest BCUT2D eigenvalue weighted by atomic mass is 9.85. The molecule has 0 aromatic carbocycles. The Bertz CT molecular complexity index is 683. The molecule has 0 saturated carbocycles. The first-order chi connectivity index (χ1) is 12.5. The van der Waals surface area contributed by atoms with Crippen molar-refractivity contribution >= 4 is 23.7 Å². The van der Waals surface area contributed by atoms with Gasteiger partial charge in [0.25, 0.3) is 0 Å². The summed E-state index contributed by atoms with van der Waals surface area (Å²) in [6, 6.07) is 3.97. The summed E-state index contributed by atoms with van der Waals surface area (Å²) >= 11 is 1.27. The van der Waals surface area contributed by atoms with Crippen LogP contribution in [0.1, 0.15) is 45.4 Å². The summed E-state index contributed by atoms with van der Waals surface area (Å²) in [6.45, 7) is 1.84. The number of rotatable bonds is 6. The van der Waals surface area contributed by atoms with E-state index in [-0.39, 0.29) is 12.2 Å². The number of nitrogens with zero attached hydrogens (tertiary/aromatic N) is 2. The normalized spacial score (nSPS) is 17.0. The van der Waals surface area contributed by atoms with Crippen LogP contribution in [0.5, 0.6) is 0 Å². The Balaban J connectivity index is 3.63. The molecule has 6 nitrogen and oxygen atoms in total. The van der Waals surface area contributed by atoms with E-state index >= 15 is 0 Å². The molecule has 1 aliphatic carbocycles. The fraction of sp³-hybridized carbons (Fsp3) is 0.579. The molecular weight excluding hydrogens is 352 g/mol. The first-order valence-electron chi connectivity index (χ1n) is 8.60. The van der Waals surface area contributed by atoms with Crippen molar-refractivity contribution < 1.29 is 19.1 Å². The van der Waals surface area contributed by atoms with Gasteiger partial charge in [-0.2, -0.15) is 10.5 Å². The van der Waals surface area contributed by atoms with E-state index in [2.05, 4.69) is 0 Å². The van der Waals surface area contributed by atoms with Crippen LogP contribution >= 0.6 is 11.8 Å². The van der Waals surface area contributed by atoms with Crippen LogP contribution in [-0.2, 0) is 19.1 Å². The summed E-state index contributed by atoms with van der Waals surface area (Å²) in [5, 5.41) is 19.1. The largest absolute Gasteiger partial charge is 0.468 e. The first-order valence-corrected chi connectivity index (χ1v) is 9.83. The molecule has 0 spiro atoms. The molecule has 1 atom stereocenters. The van der Waals surface area contributed by atoms with E-state index < -0.39 is 17.9 Å². The predicted octanol–water partition coefficient (Wildman–Crippen LogP) is 3.65. The lowest BCUT2D eigenvalue weighted by Crippen LogP contribution is -2.20. The molecule has 0 fully saturated rings. The van der Waals surface area contributed by atoms with Crippen molar-refractivity contribution in [3.63, 3.8) is 0 Å². The zero-order valence-corrected chi connectivity index (χ0v) is 16.3. The highest BCUT2D eigenvalue weighted by molar-refractivity contribution is 8.02. The fourth-order valence-corrected chi connectivity index (χ4v) is 3.83. The monoisotopic (exact) mass is 376 g/mol. The summed E-state index contributed by atoms with van der Waals surface area (Å²) in [7, 11) is 1.25. The fourth-order valence-electron chi connectivity index (χ4n) is 3.02. The van der Waals surface area contributed by atoms with Crippen LogP contribution < -0.4 is 0 Å². The minimum Gasteiger partial charge on any atom is -0.468 e. The van der Waals surface area contributed by atoms with Crippen LogP contribution in [0.4, 0.5) is 0 Å². The minimum absolute atomic E-state index is 0.0750. The van der Waals surface area contributed by atoms with Crippen LogP contribution in [0, 0.1) is 28.6 Å². The van der Waals surface area contributed by atoms with Crippen molar-refractivity contribution in [2.75, 3.05) is 20.0 Å². The van der Waals surface area contributed by atoms with Crippen molar-refractivity contribution in [2.45, 2.75) is 45.4 Å². The van der Waals surface area contributed by atoms with Gasteiger partial charge in [-0.3, -0.25) is 4.79 Å². The van der Waals surface area contributed by atoms with Crippen LogP contribution in [0.15, 0.2) is 21.6 Å². The van der Waals surface area contributed by atoms with Crippen molar-refractivity contribution in [2.24, 2.45) is 5.92 Å². The number of ether oxygens (including phenoxy) is 2. The Morgan fingerprint density at radius 1 is 1.19 bits per heavy atom. The highest BCUT2D eigenvalue weighted by atomic mass is 32.2. The molecule has 26 heavy (non-hydrogen) atoms. The molecule has 1 aliphatic rings. The molecule has 0 aromatic rings. The summed E-state index contributed by atoms with van der Waals surface area (Å²) < 4.78 is 9.79.